The van der Waals surface area contributed by atoms with Gasteiger partial charge in [-0.25, -0.2) is 0 Å². The summed E-state index contributed by atoms with van der Waals surface area (Å²) in [5, 5.41) is 4.67. The molecule has 78 valence electrons. The van der Waals surface area contributed by atoms with E-state index in [0.29, 0.717) is 11.6 Å². The van der Waals surface area contributed by atoms with Crippen molar-refractivity contribution in [1.29, 1.82) is 0 Å². The summed E-state index contributed by atoms with van der Waals surface area (Å²) in [4.78, 5) is 22.8. The van der Waals surface area contributed by atoms with Crippen LogP contribution in [0, 0.1) is 0 Å². The number of thioether (sulfide) groups is 1. The number of para-hydroxylation sites is 1. The second-order valence-electron chi connectivity index (χ2n) is 3.09. The molecule has 4 nitrogen and oxygen atoms in total. The van der Waals surface area contributed by atoms with Crippen LogP contribution in [0.15, 0.2) is 30.3 Å². The third-order valence-corrected chi connectivity index (χ3v) is 3.09. The molecule has 15 heavy (non-hydrogen) atoms. The fraction of sp³-hybridized carbons (Fsp3) is 0.200. The van der Waals surface area contributed by atoms with Gasteiger partial charge >= 0.3 is 0 Å². The zero-order chi connectivity index (χ0) is 10.7. The molecule has 1 aromatic rings. The van der Waals surface area contributed by atoms with E-state index in [1.807, 2.05) is 18.2 Å². The summed E-state index contributed by atoms with van der Waals surface area (Å²) >= 11 is 1.31. The summed E-state index contributed by atoms with van der Waals surface area (Å²) < 4.78 is 0. The number of hydrogen-bond donors (Lipinski definition) is 2. The molecule has 1 saturated heterocycles. The molecule has 2 N–H and O–H groups in total. The summed E-state index contributed by atoms with van der Waals surface area (Å²) in [6.45, 7) is 0. The van der Waals surface area contributed by atoms with Gasteiger partial charge in [0, 0.05) is 5.69 Å². The number of benzene rings is 1. The van der Waals surface area contributed by atoms with Gasteiger partial charge in [0.2, 0.25) is 11.8 Å². The fourth-order valence-corrected chi connectivity index (χ4v) is 2.13. The van der Waals surface area contributed by atoms with Crippen LogP contribution in [0.3, 0.4) is 0 Å². The molecular formula is C10H10N2O2S. The summed E-state index contributed by atoms with van der Waals surface area (Å²) in [7, 11) is 0. The van der Waals surface area contributed by atoms with Gasteiger partial charge in [-0.15, -0.1) is 11.8 Å². The molecule has 0 saturated carbocycles. The number of hydrogen-bond acceptors (Lipinski definition) is 3. The van der Waals surface area contributed by atoms with Gasteiger partial charge in [-0.1, -0.05) is 18.2 Å². The number of rotatable bonds is 2. The second-order valence-corrected chi connectivity index (χ2v) is 4.18. The largest absolute Gasteiger partial charge is 0.346 e. The van der Waals surface area contributed by atoms with E-state index < -0.39 is 5.25 Å². The maximum absolute atomic E-state index is 11.6. The molecule has 0 aliphatic carbocycles. The lowest BCUT2D eigenvalue weighted by molar-refractivity contribution is -0.125. The van der Waals surface area contributed by atoms with Crippen molar-refractivity contribution < 1.29 is 9.59 Å². The summed E-state index contributed by atoms with van der Waals surface area (Å²) in [5.41, 5.74) is 0.711. The maximum atomic E-state index is 11.6. The predicted molar refractivity (Wildman–Crippen MR) is 59.5 cm³/mol. The van der Waals surface area contributed by atoms with E-state index in [2.05, 4.69) is 10.6 Å². The molecule has 1 aliphatic rings. The molecule has 5 heteroatoms. The maximum Gasteiger partial charge on any atom is 0.247 e. The zero-order valence-electron chi connectivity index (χ0n) is 7.90. The van der Waals surface area contributed by atoms with Crippen molar-refractivity contribution in [3.05, 3.63) is 30.3 Å². The third kappa shape index (κ3) is 2.30. The highest BCUT2D eigenvalue weighted by atomic mass is 32.2. The Bertz CT molecular complexity index is 380. The van der Waals surface area contributed by atoms with E-state index in [9.17, 15) is 9.59 Å². The average molecular weight is 222 g/mol. The SMILES string of the molecule is O=C1NCSC1C(=O)Nc1ccccc1. The smallest absolute Gasteiger partial charge is 0.247 e. The quantitative estimate of drug-likeness (QED) is 0.728. The van der Waals surface area contributed by atoms with Gasteiger partial charge in [0.15, 0.2) is 5.25 Å². The molecule has 2 rings (SSSR count). The Hall–Kier alpha value is -1.49. The van der Waals surface area contributed by atoms with Crippen LogP contribution in [0.2, 0.25) is 0 Å². The third-order valence-electron chi connectivity index (χ3n) is 2.01. The van der Waals surface area contributed by atoms with Crippen LogP contribution >= 0.6 is 11.8 Å². The molecule has 1 heterocycles. The van der Waals surface area contributed by atoms with E-state index >= 15 is 0 Å². The van der Waals surface area contributed by atoms with Gasteiger partial charge in [-0.05, 0) is 12.1 Å². The first kappa shape index (κ1) is 10.0. The van der Waals surface area contributed by atoms with Crippen molar-refractivity contribution in [2.75, 3.05) is 11.2 Å². The minimum atomic E-state index is -0.620. The van der Waals surface area contributed by atoms with E-state index in [0.717, 1.165) is 0 Å². The van der Waals surface area contributed by atoms with Gasteiger partial charge < -0.3 is 10.6 Å². The average Bonchev–Trinajstić information content (AvgIpc) is 2.66. The second kappa shape index (κ2) is 4.35. The number of anilines is 1. The van der Waals surface area contributed by atoms with Crippen LogP contribution < -0.4 is 10.6 Å². The van der Waals surface area contributed by atoms with Gasteiger partial charge in [-0.2, -0.15) is 0 Å². The Labute approximate surface area is 91.4 Å². The molecule has 1 atom stereocenters. The van der Waals surface area contributed by atoms with Crippen molar-refractivity contribution in [3.63, 3.8) is 0 Å². The lowest BCUT2D eigenvalue weighted by atomic mass is 10.3. The Morgan fingerprint density at radius 1 is 1.40 bits per heavy atom. The Morgan fingerprint density at radius 2 is 2.13 bits per heavy atom. The lowest BCUT2D eigenvalue weighted by Crippen LogP contribution is -2.33. The standard InChI is InChI=1S/C10H10N2O2S/c13-9-8(15-6-11-9)10(14)12-7-4-2-1-3-5-7/h1-5,8H,6H2,(H,11,13)(H,12,14). The Morgan fingerprint density at radius 3 is 2.73 bits per heavy atom. The van der Waals surface area contributed by atoms with Gasteiger partial charge in [0.1, 0.15) is 0 Å². The van der Waals surface area contributed by atoms with Gasteiger partial charge in [-0.3, -0.25) is 9.59 Å². The number of carbonyl (C=O) groups excluding carboxylic acids is 2. The van der Waals surface area contributed by atoms with Gasteiger partial charge in [0.25, 0.3) is 0 Å². The highest BCUT2D eigenvalue weighted by Gasteiger charge is 2.31. The highest BCUT2D eigenvalue weighted by molar-refractivity contribution is 8.01. The Kier molecular flexibility index (Phi) is 2.91. The molecule has 1 aromatic carbocycles. The Balaban J connectivity index is 2.01. The molecule has 2 amide bonds. The van der Waals surface area contributed by atoms with Crippen LogP contribution in [0.25, 0.3) is 0 Å². The van der Waals surface area contributed by atoms with E-state index in [-0.39, 0.29) is 11.8 Å². The monoisotopic (exact) mass is 222 g/mol. The first-order valence-corrected chi connectivity index (χ1v) is 5.57. The molecule has 1 unspecified atom stereocenters. The van der Waals surface area contributed by atoms with Crippen LogP contribution in [0.1, 0.15) is 0 Å². The molecule has 0 spiro atoms. The van der Waals surface area contributed by atoms with Gasteiger partial charge in [0.05, 0.1) is 5.88 Å². The molecule has 1 aliphatic heterocycles. The van der Waals surface area contributed by atoms with Crippen LogP contribution in [-0.2, 0) is 9.59 Å². The topological polar surface area (TPSA) is 58.2 Å². The minimum Gasteiger partial charge on any atom is -0.346 e. The van der Waals surface area contributed by atoms with Crippen molar-refractivity contribution in [1.82, 2.24) is 5.32 Å². The van der Waals surface area contributed by atoms with Crippen LogP contribution in [0.5, 0.6) is 0 Å². The molecule has 0 bridgehead atoms. The summed E-state index contributed by atoms with van der Waals surface area (Å²) in [6, 6.07) is 9.10. The highest BCUT2D eigenvalue weighted by Crippen LogP contribution is 2.18. The van der Waals surface area contributed by atoms with Crippen molar-refractivity contribution in [2.45, 2.75) is 5.25 Å². The zero-order valence-corrected chi connectivity index (χ0v) is 8.71. The van der Waals surface area contributed by atoms with Crippen LogP contribution in [0.4, 0.5) is 5.69 Å². The van der Waals surface area contributed by atoms with Crippen LogP contribution in [-0.4, -0.2) is 22.9 Å². The molecule has 0 aromatic heterocycles. The summed E-state index contributed by atoms with van der Waals surface area (Å²) in [6.07, 6.45) is 0. The number of carbonyl (C=O) groups is 2. The molecule has 1 fully saturated rings. The normalized spacial score (nSPS) is 19.7. The van der Waals surface area contributed by atoms with Crippen molar-refractivity contribution >= 4 is 29.3 Å². The first-order valence-electron chi connectivity index (χ1n) is 4.52. The number of nitrogens with one attached hydrogen (secondary N) is 2. The fourth-order valence-electron chi connectivity index (χ4n) is 1.29. The summed E-state index contributed by atoms with van der Waals surface area (Å²) in [5.74, 6) is 0.0285. The molecule has 0 radical (unpaired) electrons. The number of amides is 2. The van der Waals surface area contributed by atoms with E-state index in [1.54, 1.807) is 12.1 Å². The molecular weight excluding hydrogens is 212 g/mol. The predicted octanol–water partition coefficient (Wildman–Crippen LogP) is 0.814. The van der Waals surface area contributed by atoms with E-state index in [4.69, 9.17) is 0 Å². The van der Waals surface area contributed by atoms with Crippen molar-refractivity contribution in [2.24, 2.45) is 0 Å². The lowest BCUT2D eigenvalue weighted by Gasteiger charge is -2.07. The van der Waals surface area contributed by atoms with Crippen molar-refractivity contribution in [3.8, 4) is 0 Å². The van der Waals surface area contributed by atoms with E-state index in [1.165, 1.54) is 11.8 Å². The first-order chi connectivity index (χ1) is 7.27. The minimum absolute atomic E-state index is 0.214.